The van der Waals surface area contributed by atoms with Crippen LogP contribution in [0, 0.1) is 12.8 Å². The fourth-order valence-corrected chi connectivity index (χ4v) is 3.65. The van der Waals surface area contributed by atoms with E-state index in [0.717, 1.165) is 24.1 Å². The molecule has 21 heavy (non-hydrogen) atoms. The third kappa shape index (κ3) is 4.04. The van der Waals surface area contributed by atoms with Crippen molar-refractivity contribution in [3.63, 3.8) is 0 Å². The van der Waals surface area contributed by atoms with Crippen molar-refractivity contribution in [2.45, 2.75) is 26.7 Å². The van der Waals surface area contributed by atoms with Gasteiger partial charge in [-0.25, -0.2) is 12.7 Å². The molecule has 1 heterocycles. The van der Waals surface area contributed by atoms with E-state index < -0.39 is 10.0 Å². The maximum Gasteiger partial charge on any atom is 0.228 e. The molecular formula is C15H22N2O3S. The van der Waals surface area contributed by atoms with Gasteiger partial charge in [0.15, 0.2) is 0 Å². The lowest BCUT2D eigenvalue weighted by Gasteiger charge is -2.30. The Labute approximate surface area is 126 Å². The number of anilines is 1. The summed E-state index contributed by atoms with van der Waals surface area (Å²) in [5.41, 5.74) is 1.88. The van der Waals surface area contributed by atoms with Crippen LogP contribution in [0.3, 0.4) is 0 Å². The van der Waals surface area contributed by atoms with Gasteiger partial charge in [0.1, 0.15) is 0 Å². The number of rotatable bonds is 4. The van der Waals surface area contributed by atoms with Crippen molar-refractivity contribution in [3.8, 4) is 0 Å². The van der Waals surface area contributed by atoms with Crippen LogP contribution < -0.4 is 5.32 Å². The van der Waals surface area contributed by atoms with Gasteiger partial charge in [-0.15, -0.1) is 0 Å². The number of piperidine rings is 1. The van der Waals surface area contributed by atoms with Gasteiger partial charge < -0.3 is 5.32 Å². The molecule has 1 amide bonds. The Morgan fingerprint density at radius 2 is 2.00 bits per heavy atom. The number of carbonyl (C=O) groups excluding carboxylic acids is 1. The molecule has 0 saturated carbocycles. The third-order valence-electron chi connectivity index (χ3n) is 3.83. The molecule has 0 spiro atoms. The SMILES string of the molecule is CCS(=O)(=O)N1CCC[C@@H](C(=O)Nc2ccc(C)cc2)C1. The lowest BCUT2D eigenvalue weighted by atomic mass is 9.98. The van der Waals surface area contributed by atoms with Gasteiger partial charge in [-0.05, 0) is 38.8 Å². The van der Waals surface area contributed by atoms with E-state index in [-0.39, 0.29) is 24.1 Å². The summed E-state index contributed by atoms with van der Waals surface area (Å²) in [6.45, 7) is 4.42. The van der Waals surface area contributed by atoms with E-state index >= 15 is 0 Å². The second-order valence-corrected chi connectivity index (χ2v) is 7.71. The maximum absolute atomic E-state index is 12.3. The Bertz CT molecular complexity index is 596. The number of nitrogens with zero attached hydrogens (tertiary/aromatic N) is 1. The Morgan fingerprint density at radius 3 is 2.62 bits per heavy atom. The average molecular weight is 310 g/mol. The summed E-state index contributed by atoms with van der Waals surface area (Å²) in [6, 6.07) is 7.59. The van der Waals surface area contributed by atoms with E-state index in [1.54, 1.807) is 6.92 Å². The molecule has 1 aromatic rings. The number of hydrogen-bond donors (Lipinski definition) is 1. The molecule has 1 aromatic carbocycles. The molecule has 1 saturated heterocycles. The predicted octanol–water partition coefficient (Wildman–Crippen LogP) is 2.00. The fraction of sp³-hybridized carbons (Fsp3) is 0.533. The average Bonchev–Trinajstić information content (AvgIpc) is 2.49. The molecule has 5 nitrogen and oxygen atoms in total. The Kier molecular flexibility index (Phi) is 5.00. The second-order valence-electron chi connectivity index (χ2n) is 5.45. The molecule has 1 atom stereocenters. The highest BCUT2D eigenvalue weighted by atomic mass is 32.2. The van der Waals surface area contributed by atoms with E-state index in [4.69, 9.17) is 0 Å². The largest absolute Gasteiger partial charge is 0.326 e. The molecule has 0 radical (unpaired) electrons. The smallest absolute Gasteiger partial charge is 0.228 e. The first-order chi connectivity index (χ1) is 9.92. The molecule has 1 aliphatic heterocycles. The van der Waals surface area contributed by atoms with Gasteiger partial charge in [-0.2, -0.15) is 0 Å². The van der Waals surface area contributed by atoms with Crippen molar-refractivity contribution >= 4 is 21.6 Å². The maximum atomic E-state index is 12.3. The van der Waals surface area contributed by atoms with Crippen molar-refractivity contribution in [2.24, 2.45) is 5.92 Å². The summed E-state index contributed by atoms with van der Waals surface area (Å²) in [4.78, 5) is 12.3. The zero-order chi connectivity index (χ0) is 15.5. The summed E-state index contributed by atoms with van der Waals surface area (Å²) < 4.78 is 25.3. The topological polar surface area (TPSA) is 66.5 Å². The first kappa shape index (κ1) is 16.0. The zero-order valence-electron chi connectivity index (χ0n) is 12.5. The van der Waals surface area contributed by atoms with Crippen LogP contribution in [0.2, 0.25) is 0 Å². The molecule has 6 heteroatoms. The van der Waals surface area contributed by atoms with Crippen molar-refractivity contribution in [2.75, 3.05) is 24.2 Å². The first-order valence-corrected chi connectivity index (χ1v) is 8.88. The van der Waals surface area contributed by atoms with Crippen LogP contribution in [-0.2, 0) is 14.8 Å². The Hall–Kier alpha value is -1.40. The van der Waals surface area contributed by atoms with Crippen LogP contribution in [0.5, 0.6) is 0 Å². The normalized spacial score (nSPS) is 20.2. The molecule has 1 aliphatic rings. The van der Waals surface area contributed by atoms with E-state index in [9.17, 15) is 13.2 Å². The monoisotopic (exact) mass is 310 g/mol. The van der Waals surface area contributed by atoms with Crippen molar-refractivity contribution in [1.29, 1.82) is 0 Å². The highest BCUT2D eigenvalue weighted by Gasteiger charge is 2.31. The van der Waals surface area contributed by atoms with Gasteiger partial charge in [0.25, 0.3) is 0 Å². The minimum atomic E-state index is -3.21. The van der Waals surface area contributed by atoms with Gasteiger partial charge in [0.2, 0.25) is 15.9 Å². The minimum Gasteiger partial charge on any atom is -0.326 e. The third-order valence-corrected chi connectivity index (χ3v) is 5.68. The number of aryl methyl sites for hydroxylation is 1. The van der Waals surface area contributed by atoms with Crippen LogP contribution in [-0.4, -0.2) is 37.5 Å². The van der Waals surface area contributed by atoms with Crippen LogP contribution in [0.25, 0.3) is 0 Å². The van der Waals surface area contributed by atoms with Crippen LogP contribution >= 0.6 is 0 Å². The van der Waals surface area contributed by atoms with E-state index in [0.29, 0.717) is 6.54 Å². The number of sulfonamides is 1. The minimum absolute atomic E-state index is 0.0826. The molecule has 0 bridgehead atoms. The number of benzene rings is 1. The molecule has 2 rings (SSSR count). The number of amides is 1. The van der Waals surface area contributed by atoms with Crippen LogP contribution in [0.15, 0.2) is 24.3 Å². The van der Waals surface area contributed by atoms with Crippen LogP contribution in [0.4, 0.5) is 5.69 Å². The molecule has 1 N–H and O–H groups in total. The molecule has 116 valence electrons. The fourth-order valence-electron chi connectivity index (χ4n) is 2.47. The molecule has 0 aliphatic carbocycles. The quantitative estimate of drug-likeness (QED) is 0.925. The van der Waals surface area contributed by atoms with Crippen molar-refractivity contribution in [1.82, 2.24) is 4.31 Å². The molecule has 1 fully saturated rings. The van der Waals surface area contributed by atoms with E-state index in [2.05, 4.69) is 5.32 Å². The summed E-state index contributed by atoms with van der Waals surface area (Å²) in [7, 11) is -3.21. The van der Waals surface area contributed by atoms with Gasteiger partial charge in [0.05, 0.1) is 11.7 Å². The lowest BCUT2D eigenvalue weighted by Crippen LogP contribution is -2.44. The lowest BCUT2D eigenvalue weighted by molar-refractivity contribution is -0.120. The summed E-state index contributed by atoms with van der Waals surface area (Å²) >= 11 is 0. The second kappa shape index (κ2) is 6.58. The highest BCUT2D eigenvalue weighted by Crippen LogP contribution is 2.21. The van der Waals surface area contributed by atoms with Gasteiger partial charge in [-0.1, -0.05) is 17.7 Å². The molecular weight excluding hydrogens is 288 g/mol. The first-order valence-electron chi connectivity index (χ1n) is 7.27. The van der Waals surface area contributed by atoms with E-state index in [1.807, 2.05) is 31.2 Å². The van der Waals surface area contributed by atoms with Crippen LogP contribution in [0.1, 0.15) is 25.3 Å². The number of carbonyl (C=O) groups is 1. The molecule has 0 aromatic heterocycles. The summed E-state index contributed by atoms with van der Waals surface area (Å²) in [6.07, 6.45) is 1.46. The summed E-state index contributed by atoms with van der Waals surface area (Å²) in [5.74, 6) is -0.296. The number of nitrogens with one attached hydrogen (secondary N) is 1. The Morgan fingerprint density at radius 1 is 1.33 bits per heavy atom. The van der Waals surface area contributed by atoms with Crippen molar-refractivity contribution in [3.05, 3.63) is 29.8 Å². The predicted molar refractivity (Wildman–Crippen MR) is 83.6 cm³/mol. The molecule has 0 unspecified atom stereocenters. The van der Waals surface area contributed by atoms with E-state index in [1.165, 1.54) is 4.31 Å². The Balaban J connectivity index is 2.01. The van der Waals surface area contributed by atoms with Gasteiger partial charge in [0, 0.05) is 18.8 Å². The van der Waals surface area contributed by atoms with Crippen molar-refractivity contribution < 1.29 is 13.2 Å². The zero-order valence-corrected chi connectivity index (χ0v) is 13.3. The number of hydrogen-bond acceptors (Lipinski definition) is 3. The standard InChI is InChI=1S/C15H22N2O3S/c1-3-21(19,20)17-10-4-5-13(11-17)15(18)16-14-8-6-12(2)7-9-14/h6-9,13H,3-5,10-11H2,1-2H3,(H,16,18)/t13-/m1/s1. The summed E-state index contributed by atoms with van der Waals surface area (Å²) in [5, 5.41) is 2.87. The van der Waals surface area contributed by atoms with Gasteiger partial charge >= 0.3 is 0 Å². The van der Waals surface area contributed by atoms with Gasteiger partial charge in [-0.3, -0.25) is 4.79 Å². The highest BCUT2D eigenvalue weighted by molar-refractivity contribution is 7.89.